The van der Waals surface area contributed by atoms with Crippen molar-refractivity contribution < 1.29 is 14.6 Å². The molecule has 0 spiro atoms. The molecule has 0 aromatic heterocycles. The van der Waals surface area contributed by atoms with Crippen LogP contribution in [0.4, 0.5) is 0 Å². The molecule has 0 radical (unpaired) electrons. The summed E-state index contributed by atoms with van der Waals surface area (Å²) in [4.78, 5) is 10.4. The van der Waals surface area contributed by atoms with E-state index in [9.17, 15) is 4.79 Å². The Labute approximate surface area is 102 Å². The van der Waals surface area contributed by atoms with Gasteiger partial charge in [-0.05, 0) is 37.3 Å². The maximum atomic E-state index is 10.4. The molecule has 0 heterocycles. The van der Waals surface area contributed by atoms with Gasteiger partial charge in [-0.3, -0.25) is 4.79 Å². The van der Waals surface area contributed by atoms with Crippen molar-refractivity contribution in [3.8, 4) is 0 Å². The maximum Gasteiger partial charge on any atom is 0.303 e. The van der Waals surface area contributed by atoms with Crippen molar-refractivity contribution in [2.45, 2.75) is 39.2 Å². The van der Waals surface area contributed by atoms with Crippen molar-refractivity contribution in [3.05, 3.63) is 35.4 Å². The molecule has 0 saturated heterocycles. The Morgan fingerprint density at radius 3 is 2.76 bits per heavy atom. The van der Waals surface area contributed by atoms with Gasteiger partial charge in [-0.15, -0.1) is 0 Å². The number of aryl methyl sites for hydroxylation is 1. The predicted octanol–water partition coefficient (Wildman–Crippen LogP) is 3.02. The molecule has 0 aliphatic rings. The molecular weight excluding hydrogens is 216 g/mol. The van der Waals surface area contributed by atoms with Gasteiger partial charge in [0.2, 0.25) is 0 Å². The third-order valence-corrected chi connectivity index (χ3v) is 2.57. The molecule has 0 unspecified atom stereocenters. The number of rotatable bonds is 8. The average Bonchev–Trinajstić information content (AvgIpc) is 2.32. The first-order valence-electron chi connectivity index (χ1n) is 6.09. The van der Waals surface area contributed by atoms with Gasteiger partial charge in [-0.2, -0.15) is 0 Å². The van der Waals surface area contributed by atoms with Gasteiger partial charge in [-0.25, -0.2) is 0 Å². The highest BCUT2D eigenvalue weighted by Crippen LogP contribution is 2.10. The van der Waals surface area contributed by atoms with Gasteiger partial charge in [0.15, 0.2) is 0 Å². The SMILES string of the molecule is CCOCc1cccc(CCCCC(=O)O)c1. The quantitative estimate of drug-likeness (QED) is 0.706. The van der Waals surface area contributed by atoms with Gasteiger partial charge in [0, 0.05) is 13.0 Å². The van der Waals surface area contributed by atoms with Crippen molar-refractivity contribution in [3.63, 3.8) is 0 Å². The van der Waals surface area contributed by atoms with Crippen molar-refractivity contribution in [1.82, 2.24) is 0 Å². The van der Waals surface area contributed by atoms with E-state index in [1.807, 2.05) is 13.0 Å². The minimum atomic E-state index is -0.713. The number of hydrogen-bond donors (Lipinski definition) is 1. The molecule has 1 aromatic carbocycles. The number of hydrogen-bond acceptors (Lipinski definition) is 2. The number of carbonyl (C=O) groups is 1. The highest BCUT2D eigenvalue weighted by Gasteiger charge is 1.99. The van der Waals surface area contributed by atoms with E-state index in [0.29, 0.717) is 6.61 Å². The van der Waals surface area contributed by atoms with E-state index in [1.165, 1.54) is 11.1 Å². The molecule has 0 atom stereocenters. The summed E-state index contributed by atoms with van der Waals surface area (Å²) in [6, 6.07) is 8.30. The first-order valence-corrected chi connectivity index (χ1v) is 6.09. The third kappa shape index (κ3) is 6.07. The van der Waals surface area contributed by atoms with E-state index in [4.69, 9.17) is 9.84 Å². The Morgan fingerprint density at radius 2 is 2.06 bits per heavy atom. The van der Waals surface area contributed by atoms with E-state index in [-0.39, 0.29) is 6.42 Å². The fourth-order valence-electron chi connectivity index (χ4n) is 1.70. The van der Waals surface area contributed by atoms with Crippen molar-refractivity contribution in [1.29, 1.82) is 0 Å². The smallest absolute Gasteiger partial charge is 0.303 e. The van der Waals surface area contributed by atoms with Crippen LogP contribution in [0.15, 0.2) is 24.3 Å². The lowest BCUT2D eigenvalue weighted by Gasteiger charge is -2.05. The molecule has 0 bridgehead atoms. The summed E-state index contributed by atoms with van der Waals surface area (Å²) < 4.78 is 5.35. The zero-order valence-electron chi connectivity index (χ0n) is 10.3. The molecule has 1 N–H and O–H groups in total. The summed E-state index contributed by atoms with van der Waals surface area (Å²) in [5.41, 5.74) is 2.44. The topological polar surface area (TPSA) is 46.5 Å². The Kier molecular flexibility index (Phi) is 6.33. The summed E-state index contributed by atoms with van der Waals surface area (Å²) >= 11 is 0. The number of ether oxygens (including phenoxy) is 1. The van der Waals surface area contributed by atoms with Crippen LogP contribution in [0.3, 0.4) is 0 Å². The van der Waals surface area contributed by atoms with Crippen LogP contribution in [-0.4, -0.2) is 17.7 Å². The Balaban J connectivity index is 2.34. The van der Waals surface area contributed by atoms with Crippen LogP contribution in [0.1, 0.15) is 37.3 Å². The van der Waals surface area contributed by atoms with Crippen LogP contribution < -0.4 is 0 Å². The van der Waals surface area contributed by atoms with E-state index in [0.717, 1.165) is 25.9 Å². The summed E-state index contributed by atoms with van der Waals surface area (Å²) in [5, 5.41) is 8.54. The van der Waals surface area contributed by atoms with E-state index in [2.05, 4.69) is 18.2 Å². The zero-order chi connectivity index (χ0) is 12.5. The molecular formula is C14H20O3. The van der Waals surface area contributed by atoms with Crippen LogP contribution in [0.25, 0.3) is 0 Å². The molecule has 3 heteroatoms. The molecule has 0 amide bonds. The van der Waals surface area contributed by atoms with Crippen molar-refractivity contribution >= 4 is 5.97 Å². The summed E-state index contributed by atoms with van der Waals surface area (Å²) in [7, 11) is 0. The van der Waals surface area contributed by atoms with Crippen LogP contribution in [0.5, 0.6) is 0 Å². The first kappa shape index (κ1) is 13.7. The monoisotopic (exact) mass is 236 g/mol. The Hall–Kier alpha value is -1.35. The first-order chi connectivity index (χ1) is 8.22. The second-order valence-electron chi connectivity index (χ2n) is 4.06. The minimum absolute atomic E-state index is 0.263. The molecule has 1 rings (SSSR count). The lowest BCUT2D eigenvalue weighted by molar-refractivity contribution is -0.137. The summed E-state index contributed by atoms with van der Waals surface area (Å²) in [6.45, 7) is 3.36. The Bertz CT molecular complexity index is 347. The Morgan fingerprint density at radius 1 is 1.29 bits per heavy atom. The van der Waals surface area contributed by atoms with Crippen LogP contribution >= 0.6 is 0 Å². The maximum absolute atomic E-state index is 10.4. The molecule has 94 valence electrons. The second-order valence-corrected chi connectivity index (χ2v) is 4.06. The normalized spacial score (nSPS) is 10.4. The lowest BCUT2D eigenvalue weighted by Crippen LogP contribution is -1.96. The molecule has 0 aliphatic carbocycles. The number of benzene rings is 1. The molecule has 17 heavy (non-hydrogen) atoms. The van der Waals surface area contributed by atoms with Crippen molar-refractivity contribution in [2.24, 2.45) is 0 Å². The standard InChI is InChI=1S/C14H20O3/c1-2-17-11-13-8-5-7-12(10-13)6-3-4-9-14(15)16/h5,7-8,10H,2-4,6,9,11H2,1H3,(H,15,16). The van der Waals surface area contributed by atoms with Gasteiger partial charge in [0.25, 0.3) is 0 Å². The number of carboxylic acid groups (broad SMARTS) is 1. The molecule has 1 aromatic rings. The van der Waals surface area contributed by atoms with Gasteiger partial charge < -0.3 is 9.84 Å². The van der Waals surface area contributed by atoms with Crippen molar-refractivity contribution in [2.75, 3.05) is 6.61 Å². The molecule has 0 saturated carbocycles. The summed E-state index contributed by atoms with van der Waals surface area (Å²) in [6.07, 6.45) is 2.86. The number of carboxylic acids is 1. The molecule has 3 nitrogen and oxygen atoms in total. The summed E-state index contributed by atoms with van der Waals surface area (Å²) in [5.74, 6) is -0.713. The van der Waals surface area contributed by atoms with E-state index in [1.54, 1.807) is 0 Å². The highest BCUT2D eigenvalue weighted by atomic mass is 16.5. The fourth-order valence-corrected chi connectivity index (χ4v) is 1.70. The van der Waals surface area contributed by atoms with Crippen LogP contribution in [0.2, 0.25) is 0 Å². The van der Waals surface area contributed by atoms with Gasteiger partial charge in [0.1, 0.15) is 0 Å². The third-order valence-electron chi connectivity index (χ3n) is 2.57. The van der Waals surface area contributed by atoms with E-state index < -0.39 is 5.97 Å². The molecule has 0 fully saturated rings. The van der Waals surface area contributed by atoms with E-state index >= 15 is 0 Å². The average molecular weight is 236 g/mol. The lowest BCUT2D eigenvalue weighted by atomic mass is 10.0. The van der Waals surface area contributed by atoms with Crippen LogP contribution in [-0.2, 0) is 22.6 Å². The number of unbranched alkanes of at least 4 members (excludes halogenated alkanes) is 1. The zero-order valence-corrected chi connectivity index (χ0v) is 10.3. The number of aliphatic carboxylic acids is 1. The van der Waals surface area contributed by atoms with Gasteiger partial charge >= 0.3 is 5.97 Å². The fraction of sp³-hybridized carbons (Fsp3) is 0.500. The highest BCUT2D eigenvalue weighted by molar-refractivity contribution is 5.66. The molecule has 0 aliphatic heterocycles. The minimum Gasteiger partial charge on any atom is -0.481 e. The predicted molar refractivity (Wildman–Crippen MR) is 67.0 cm³/mol. The van der Waals surface area contributed by atoms with Gasteiger partial charge in [-0.1, -0.05) is 24.3 Å². The second kappa shape index (κ2) is 7.85. The van der Waals surface area contributed by atoms with Gasteiger partial charge in [0.05, 0.1) is 6.61 Å². The van der Waals surface area contributed by atoms with Crippen LogP contribution in [0, 0.1) is 0 Å². The largest absolute Gasteiger partial charge is 0.481 e.